The van der Waals surface area contributed by atoms with Crippen molar-refractivity contribution in [2.24, 2.45) is 5.92 Å². The SMILES string of the molecule is Cc1nc(-c2ccccc2)cc([C@H]2C[NH+]3CC[C@H]2C[C@@H]3CNC(=O)c2ccccc2C(=O)[O-])n1. The maximum absolute atomic E-state index is 12.7. The number of hydrogen-bond acceptors (Lipinski definition) is 5. The summed E-state index contributed by atoms with van der Waals surface area (Å²) in [7, 11) is 0. The Morgan fingerprint density at radius 1 is 1.06 bits per heavy atom. The summed E-state index contributed by atoms with van der Waals surface area (Å²) in [5.74, 6) is -0.0308. The van der Waals surface area contributed by atoms with Crippen LogP contribution in [0.15, 0.2) is 60.7 Å². The number of carbonyl (C=O) groups is 2. The fourth-order valence-corrected chi connectivity index (χ4v) is 5.59. The van der Waals surface area contributed by atoms with E-state index in [4.69, 9.17) is 4.98 Å². The number of rotatable bonds is 6. The van der Waals surface area contributed by atoms with Crippen LogP contribution < -0.4 is 15.3 Å². The molecule has 2 N–H and O–H groups in total. The van der Waals surface area contributed by atoms with Gasteiger partial charge in [0.2, 0.25) is 0 Å². The maximum atomic E-state index is 12.7. The topological polar surface area (TPSA) is 99.5 Å². The molecule has 0 spiro atoms. The van der Waals surface area contributed by atoms with Crippen molar-refractivity contribution in [3.05, 3.63) is 83.3 Å². The Hall–Kier alpha value is -3.58. The van der Waals surface area contributed by atoms with Gasteiger partial charge in [-0.25, -0.2) is 9.97 Å². The lowest BCUT2D eigenvalue weighted by Crippen LogP contribution is -3.20. The van der Waals surface area contributed by atoms with E-state index in [0.29, 0.717) is 24.4 Å². The number of carboxylic acids is 1. The molecule has 4 atom stereocenters. The number of aryl methyl sites for hydroxylation is 1. The first-order chi connectivity index (χ1) is 16.5. The summed E-state index contributed by atoms with van der Waals surface area (Å²) in [5, 5.41) is 14.3. The van der Waals surface area contributed by atoms with E-state index in [1.807, 2.05) is 25.1 Å². The smallest absolute Gasteiger partial charge is 0.252 e. The van der Waals surface area contributed by atoms with Crippen LogP contribution in [0.1, 0.15) is 51.0 Å². The minimum Gasteiger partial charge on any atom is -0.545 e. The number of benzene rings is 2. The fourth-order valence-electron chi connectivity index (χ4n) is 5.59. The molecule has 0 saturated carbocycles. The summed E-state index contributed by atoms with van der Waals surface area (Å²) < 4.78 is 0. The molecule has 7 heteroatoms. The fraction of sp³-hybridized carbons (Fsp3) is 0.333. The molecule has 3 fully saturated rings. The number of carbonyl (C=O) groups excluding carboxylic acids is 2. The van der Waals surface area contributed by atoms with E-state index in [-0.39, 0.29) is 17.0 Å². The summed E-state index contributed by atoms with van der Waals surface area (Å²) in [6.07, 6.45) is 2.15. The van der Waals surface area contributed by atoms with Crippen molar-refractivity contribution >= 4 is 11.9 Å². The quantitative estimate of drug-likeness (QED) is 0.577. The molecule has 2 bridgehead atoms. The monoisotopic (exact) mass is 456 g/mol. The lowest BCUT2D eigenvalue weighted by molar-refractivity contribution is -0.942. The van der Waals surface area contributed by atoms with Crippen molar-refractivity contribution in [3.63, 3.8) is 0 Å². The summed E-state index contributed by atoms with van der Waals surface area (Å²) in [4.78, 5) is 35.0. The van der Waals surface area contributed by atoms with Crippen LogP contribution in [0.2, 0.25) is 0 Å². The highest BCUT2D eigenvalue weighted by Gasteiger charge is 2.44. The van der Waals surface area contributed by atoms with Crippen LogP contribution in [0.25, 0.3) is 11.3 Å². The van der Waals surface area contributed by atoms with Gasteiger partial charge in [-0.2, -0.15) is 0 Å². The Kier molecular flexibility index (Phi) is 6.11. The lowest BCUT2D eigenvalue weighted by Gasteiger charge is -2.46. The zero-order valence-corrected chi connectivity index (χ0v) is 19.2. The van der Waals surface area contributed by atoms with Gasteiger partial charge in [0.15, 0.2) is 0 Å². The number of aromatic nitrogens is 2. The molecule has 6 rings (SSSR count). The number of aromatic carboxylic acids is 1. The molecule has 1 unspecified atom stereocenters. The number of carboxylic acid groups (broad SMARTS) is 1. The van der Waals surface area contributed by atoms with Gasteiger partial charge in [-0.15, -0.1) is 0 Å². The van der Waals surface area contributed by atoms with Gasteiger partial charge in [0.05, 0.1) is 42.9 Å². The normalized spacial score (nSPS) is 23.4. The van der Waals surface area contributed by atoms with Crippen molar-refractivity contribution in [2.75, 3.05) is 19.6 Å². The Morgan fingerprint density at radius 3 is 2.50 bits per heavy atom. The molecule has 34 heavy (non-hydrogen) atoms. The number of quaternary nitrogens is 1. The lowest BCUT2D eigenvalue weighted by atomic mass is 9.74. The zero-order chi connectivity index (χ0) is 23.7. The average Bonchev–Trinajstić information content (AvgIpc) is 2.87. The molecular formula is C27H28N4O3. The molecule has 0 radical (unpaired) electrons. The molecule has 3 aliphatic rings. The highest BCUT2D eigenvalue weighted by Crippen LogP contribution is 2.34. The third-order valence-electron chi connectivity index (χ3n) is 7.26. The summed E-state index contributed by atoms with van der Waals surface area (Å²) in [5.41, 5.74) is 3.24. The third-order valence-corrected chi connectivity index (χ3v) is 7.26. The Bertz CT molecular complexity index is 1210. The molecule has 1 aromatic heterocycles. The largest absolute Gasteiger partial charge is 0.545 e. The summed E-state index contributed by atoms with van der Waals surface area (Å²) in [6.45, 7) is 4.53. The van der Waals surface area contributed by atoms with Gasteiger partial charge in [-0.1, -0.05) is 48.5 Å². The molecule has 2 aromatic carbocycles. The van der Waals surface area contributed by atoms with Crippen molar-refractivity contribution in [1.29, 1.82) is 0 Å². The molecule has 3 aromatic rings. The molecule has 3 aliphatic heterocycles. The molecular weight excluding hydrogens is 428 g/mol. The van der Waals surface area contributed by atoms with Gasteiger partial charge >= 0.3 is 0 Å². The van der Waals surface area contributed by atoms with Crippen LogP contribution in [0, 0.1) is 12.8 Å². The second-order valence-corrected chi connectivity index (χ2v) is 9.33. The van der Waals surface area contributed by atoms with E-state index < -0.39 is 5.97 Å². The van der Waals surface area contributed by atoms with Crippen LogP contribution in [-0.4, -0.2) is 47.5 Å². The molecule has 7 nitrogen and oxygen atoms in total. The van der Waals surface area contributed by atoms with Crippen LogP contribution in [-0.2, 0) is 0 Å². The minimum absolute atomic E-state index is 0.0776. The average molecular weight is 457 g/mol. The van der Waals surface area contributed by atoms with Gasteiger partial charge < -0.3 is 20.1 Å². The summed E-state index contributed by atoms with van der Waals surface area (Å²) in [6, 6.07) is 18.8. The number of piperidine rings is 3. The van der Waals surface area contributed by atoms with Gasteiger partial charge in [0, 0.05) is 29.5 Å². The molecule has 3 saturated heterocycles. The Balaban J connectivity index is 1.28. The van der Waals surface area contributed by atoms with Crippen molar-refractivity contribution in [1.82, 2.24) is 15.3 Å². The zero-order valence-electron chi connectivity index (χ0n) is 19.2. The van der Waals surface area contributed by atoms with Crippen molar-refractivity contribution in [2.45, 2.75) is 31.7 Å². The predicted octanol–water partition coefficient (Wildman–Crippen LogP) is 1.01. The van der Waals surface area contributed by atoms with E-state index in [9.17, 15) is 14.7 Å². The number of nitrogens with zero attached hydrogens (tertiary/aromatic N) is 2. The van der Waals surface area contributed by atoms with Crippen molar-refractivity contribution < 1.29 is 19.6 Å². The summed E-state index contributed by atoms with van der Waals surface area (Å²) >= 11 is 0. The third kappa shape index (κ3) is 4.43. The van der Waals surface area contributed by atoms with E-state index in [1.165, 1.54) is 17.0 Å². The maximum Gasteiger partial charge on any atom is 0.252 e. The molecule has 1 amide bonds. The van der Waals surface area contributed by atoms with Crippen LogP contribution in [0.4, 0.5) is 0 Å². The van der Waals surface area contributed by atoms with E-state index in [1.54, 1.807) is 12.1 Å². The first kappa shape index (κ1) is 22.2. The standard InChI is InChI=1S/C27H28N4O3/c1-17-29-24(18-7-3-2-4-8-18)14-25(30-17)23-16-31-12-11-19(23)13-20(31)15-28-26(32)21-9-5-6-10-22(21)27(33)34/h2-10,14,19-20,23H,11-13,15-16H2,1H3,(H,28,32)(H,33,34)/t19-,20+,23-/m0/s1. The first-order valence-corrected chi connectivity index (χ1v) is 11.8. The highest BCUT2D eigenvalue weighted by atomic mass is 16.4. The van der Waals surface area contributed by atoms with Gasteiger partial charge in [-0.05, 0) is 25.0 Å². The van der Waals surface area contributed by atoms with Crippen LogP contribution >= 0.6 is 0 Å². The minimum atomic E-state index is -1.34. The Morgan fingerprint density at radius 2 is 1.79 bits per heavy atom. The van der Waals surface area contributed by atoms with Gasteiger partial charge in [0.25, 0.3) is 5.91 Å². The van der Waals surface area contributed by atoms with Crippen LogP contribution in [0.5, 0.6) is 0 Å². The van der Waals surface area contributed by atoms with Crippen LogP contribution in [0.3, 0.4) is 0 Å². The second-order valence-electron chi connectivity index (χ2n) is 9.33. The molecule has 4 heterocycles. The molecule has 174 valence electrons. The number of amides is 1. The van der Waals surface area contributed by atoms with Gasteiger partial charge in [-0.3, -0.25) is 4.79 Å². The van der Waals surface area contributed by atoms with E-state index in [0.717, 1.165) is 48.7 Å². The number of fused-ring (bicyclic) bond motifs is 3. The molecule has 0 aliphatic carbocycles. The second kappa shape index (κ2) is 9.35. The number of hydrogen-bond donors (Lipinski definition) is 2. The predicted molar refractivity (Wildman–Crippen MR) is 125 cm³/mol. The first-order valence-electron chi connectivity index (χ1n) is 11.8. The van der Waals surface area contributed by atoms with E-state index in [2.05, 4.69) is 28.5 Å². The highest BCUT2D eigenvalue weighted by molar-refractivity contribution is 6.04. The van der Waals surface area contributed by atoms with Crippen molar-refractivity contribution in [3.8, 4) is 11.3 Å². The Labute approximate surface area is 198 Å². The number of nitrogens with one attached hydrogen (secondary N) is 2. The van der Waals surface area contributed by atoms with Gasteiger partial charge in [0.1, 0.15) is 11.9 Å². The van der Waals surface area contributed by atoms with E-state index >= 15 is 0 Å².